The van der Waals surface area contributed by atoms with E-state index in [-0.39, 0.29) is 0 Å². The Morgan fingerprint density at radius 3 is 2.83 bits per heavy atom. The number of methoxy groups -OCH3 is 1. The van der Waals surface area contributed by atoms with Crippen LogP contribution < -0.4 is 10.5 Å². The molecule has 18 heavy (non-hydrogen) atoms. The molecule has 0 amide bonds. The molecule has 3 aromatic heterocycles. The quantitative estimate of drug-likeness (QED) is 0.742. The number of H-pyrrole nitrogens is 1. The Morgan fingerprint density at radius 2 is 2.17 bits per heavy atom. The molecule has 0 aromatic carbocycles. The number of thiophene rings is 1. The fourth-order valence-corrected chi connectivity index (χ4v) is 2.65. The average molecular weight is 260 g/mol. The van der Waals surface area contributed by atoms with Gasteiger partial charge in [0.25, 0.3) is 0 Å². The van der Waals surface area contributed by atoms with Crippen LogP contribution in [0.3, 0.4) is 0 Å². The van der Waals surface area contributed by atoms with Crippen LogP contribution >= 0.6 is 11.3 Å². The molecule has 0 unspecified atom stereocenters. The van der Waals surface area contributed by atoms with Gasteiger partial charge in [-0.25, -0.2) is 4.98 Å². The fourth-order valence-electron chi connectivity index (χ4n) is 1.73. The maximum Gasteiger partial charge on any atom is 0.215 e. The van der Waals surface area contributed by atoms with E-state index in [9.17, 15) is 0 Å². The summed E-state index contributed by atoms with van der Waals surface area (Å²) in [5, 5.41) is 2.02. The molecule has 0 saturated heterocycles. The number of hydrogen-bond acceptors (Lipinski definition) is 5. The van der Waals surface area contributed by atoms with E-state index in [4.69, 9.17) is 10.5 Å². The van der Waals surface area contributed by atoms with E-state index in [1.54, 1.807) is 24.5 Å². The van der Waals surface area contributed by atoms with Crippen LogP contribution in [0.4, 0.5) is 5.69 Å². The molecule has 0 radical (unpaired) electrons. The summed E-state index contributed by atoms with van der Waals surface area (Å²) in [6.45, 7) is 1.99. The molecule has 0 fully saturated rings. The van der Waals surface area contributed by atoms with Crippen LogP contribution in [0.15, 0.2) is 17.5 Å². The zero-order chi connectivity index (χ0) is 12.7. The van der Waals surface area contributed by atoms with Crippen molar-refractivity contribution in [1.82, 2.24) is 15.0 Å². The van der Waals surface area contributed by atoms with Crippen LogP contribution in [-0.2, 0) is 0 Å². The number of nitrogens with two attached hydrogens (primary N) is 1. The number of imidazole rings is 1. The molecule has 3 N–H and O–H groups in total. The van der Waals surface area contributed by atoms with Gasteiger partial charge >= 0.3 is 0 Å². The third kappa shape index (κ3) is 1.62. The molecule has 5 nitrogen and oxygen atoms in total. The van der Waals surface area contributed by atoms with Crippen molar-refractivity contribution in [1.29, 1.82) is 0 Å². The molecule has 0 atom stereocenters. The number of hydrogen-bond donors (Lipinski definition) is 2. The van der Waals surface area contributed by atoms with Gasteiger partial charge in [0.2, 0.25) is 5.88 Å². The number of nitrogens with zero attached hydrogens (tertiary/aromatic N) is 2. The van der Waals surface area contributed by atoms with Crippen molar-refractivity contribution in [2.75, 3.05) is 12.8 Å². The first-order chi connectivity index (χ1) is 8.69. The number of aromatic nitrogens is 3. The van der Waals surface area contributed by atoms with Crippen LogP contribution in [0.1, 0.15) is 5.56 Å². The monoisotopic (exact) mass is 260 g/mol. The van der Waals surface area contributed by atoms with Crippen LogP contribution in [0, 0.1) is 6.92 Å². The molecule has 3 rings (SSSR count). The minimum Gasteiger partial charge on any atom is -0.481 e. The second kappa shape index (κ2) is 3.99. The summed E-state index contributed by atoms with van der Waals surface area (Å²) >= 11 is 1.58. The topological polar surface area (TPSA) is 76.8 Å². The Kier molecular flexibility index (Phi) is 2.45. The molecule has 0 aliphatic heterocycles. The Bertz CT molecular complexity index is 716. The third-order valence-electron chi connectivity index (χ3n) is 2.77. The molecular weight excluding hydrogens is 248 g/mol. The molecule has 3 heterocycles. The molecule has 3 aromatic rings. The summed E-state index contributed by atoms with van der Waals surface area (Å²) in [7, 11) is 1.59. The van der Waals surface area contributed by atoms with Gasteiger partial charge in [-0.05, 0) is 23.9 Å². The maximum atomic E-state index is 6.02. The summed E-state index contributed by atoms with van der Waals surface area (Å²) in [6, 6.07) is 3.70. The van der Waals surface area contributed by atoms with E-state index in [1.165, 1.54) is 0 Å². The number of nitrogen functional groups attached to an aromatic ring is 1. The normalized spacial score (nSPS) is 11.0. The van der Waals surface area contributed by atoms with Crippen LogP contribution in [0.2, 0.25) is 0 Å². The lowest BCUT2D eigenvalue weighted by molar-refractivity contribution is 0.399. The number of pyridine rings is 1. The molecular formula is C12H12N4OS. The lowest BCUT2D eigenvalue weighted by atomic mass is 10.3. The molecule has 0 saturated carbocycles. The van der Waals surface area contributed by atoms with Gasteiger partial charge < -0.3 is 15.5 Å². The minimum absolute atomic E-state index is 0.552. The van der Waals surface area contributed by atoms with Crippen LogP contribution in [0.25, 0.3) is 21.9 Å². The Balaban J connectivity index is 2.16. The van der Waals surface area contributed by atoms with E-state index in [0.29, 0.717) is 11.5 Å². The number of nitrogens with one attached hydrogen (secondary N) is 1. The molecule has 0 aliphatic carbocycles. The molecule has 0 aliphatic rings. The van der Waals surface area contributed by atoms with Gasteiger partial charge in [0.05, 0.1) is 23.2 Å². The highest BCUT2D eigenvalue weighted by Crippen LogP contribution is 2.33. The van der Waals surface area contributed by atoms with Crippen molar-refractivity contribution in [3.63, 3.8) is 0 Å². The zero-order valence-corrected chi connectivity index (χ0v) is 10.8. The van der Waals surface area contributed by atoms with E-state index >= 15 is 0 Å². The first-order valence-corrected chi connectivity index (χ1v) is 6.31. The van der Waals surface area contributed by atoms with Crippen molar-refractivity contribution in [2.24, 2.45) is 0 Å². The fraction of sp³-hybridized carbons (Fsp3) is 0.167. The van der Waals surface area contributed by atoms with E-state index in [1.807, 2.05) is 18.4 Å². The summed E-state index contributed by atoms with van der Waals surface area (Å²) in [5.41, 5.74) is 9.36. The Morgan fingerprint density at radius 1 is 1.33 bits per heavy atom. The summed E-state index contributed by atoms with van der Waals surface area (Å²) < 4.78 is 5.08. The predicted molar refractivity (Wildman–Crippen MR) is 72.9 cm³/mol. The van der Waals surface area contributed by atoms with Crippen molar-refractivity contribution < 1.29 is 4.74 Å². The number of anilines is 1. The molecule has 92 valence electrons. The van der Waals surface area contributed by atoms with E-state index in [2.05, 4.69) is 15.0 Å². The largest absolute Gasteiger partial charge is 0.481 e. The summed E-state index contributed by atoms with van der Waals surface area (Å²) in [5.74, 6) is 1.30. The Labute approximate surface area is 108 Å². The first-order valence-electron chi connectivity index (χ1n) is 5.43. The SMILES string of the molecule is COc1ccc2[nH]c(-c3scc(C)c3N)nc2n1. The van der Waals surface area contributed by atoms with Gasteiger partial charge in [0, 0.05) is 6.07 Å². The van der Waals surface area contributed by atoms with E-state index in [0.717, 1.165) is 27.5 Å². The van der Waals surface area contributed by atoms with Crippen molar-refractivity contribution in [3.8, 4) is 16.6 Å². The van der Waals surface area contributed by atoms with Gasteiger partial charge in [-0.15, -0.1) is 11.3 Å². The number of rotatable bonds is 2. The number of ether oxygens (including phenoxy) is 1. The van der Waals surface area contributed by atoms with Crippen molar-refractivity contribution >= 4 is 28.2 Å². The molecule has 0 spiro atoms. The van der Waals surface area contributed by atoms with E-state index < -0.39 is 0 Å². The van der Waals surface area contributed by atoms with Crippen LogP contribution in [-0.4, -0.2) is 22.1 Å². The highest BCUT2D eigenvalue weighted by Gasteiger charge is 2.13. The average Bonchev–Trinajstić information content (AvgIpc) is 2.93. The number of fused-ring (bicyclic) bond motifs is 1. The van der Waals surface area contributed by atoms with Gasteiger partial charge in [-0.3, -0.25) is 0 Å². The van der Waals surface area contributed by atoms with Crippen molar-refractivity contribution in [3.05, 3.63) is 23.1 Å². The third-order valence-corrected chi connectivity index (χ3v) is 3.89. The molecule has 6 heteroatoms. The lowest BCUT2D eigenvalue weighted by Gasteiger charge is -1.95. The summed E-state index contributed by atoms with van der Waals surface area (Å²) in [6.07, 6.45) is 0. The highest BCUT2D eigenvalue weighted by atomic mass is 32.1. The van der Waals surface area contributed by atoms with Gasteiger partial charge in [-0.1, -0.05) is 0 Å². The minimum atomic E-state index is 0.552. The molecule has 0 bridgehead atoms. The zero-order valence-electron chi connectivity index (χ0n) is 10.0. The smallest absolute Gasteiger partial charge is 0.215 e. The highest BCUT2D eigenvalue weighted by molar-refractivity contribution is 7.14. The van der Waals surface area contributed by atoms with Crippen LogP contribution in [0.5, 0.6) is 5.88 Å². The Hall–Kier alpha value is -2.08. The second-order valence-corrected chi connectivity index (χ2v) is 4.85. The van der Waals surface area contributed by atoms with Gasteiger partial charge in [-0.2, -0.15) is 4.98 Å². The van der Waals surface area contributed by atoms with Crippen molar-refractivity contribution in [2.45, 2.75) is 6.92 Å². The number of aromatic amines is 1. The standard InChI is InChI=1S/C12H12N4OS/c1-6-5-18-10(9(6)13)12-14-7-3-4-8(17-2)15-11(7)16-12/h3-5H,13H2,1-2H3,(H,14,15,16). The number of aryl methyl sites for hydroxylation is 1. The lowest BCUT2D eigenvalue weighted by Crippen LogP contribution is -1.88. The first kappa shape index (κ1) is 11.0. The van der Waals surface area contributed by atoms with Gasteiger partial charge in [0.15, 0.2) is 11.5 Å². The van der Waals surface area contributed by atoms with Gasteiger partial charge in [0.1, 0.15) is 0 Å². The maximum absolute atomic E-state index is 6.02. The summed E-state index contributed by atoms with van der Waals surface area (Å²) in [4.78, 5) is 12.9. The second-order valence-electron chi connectivity index (χ2n) is 3.97. The predicted octanol–water partition coefficient (Wildman–Crippen LogP) is 2.59.